The van der Waals surface area contributed by atoms with Crippen LogP contribution in [0.5, 0.6) is 11.5 Å². The van der Waals surface area contributed by atoms with E-state index in [0.717, 1.165) is 10.8 Å². The van der Waals surface area contributed by atoms with Crippen molar-refractivity contribution >= 4 is 40.5 Å². The summed E-state index contributed by atoms with van der Waals surface area (Å²) < 4.78 is 11.0. The predicted octanol–water partition coefficient (Wildman–Crippen LogP) is 5.24. The molecule has 0 bridgehead atoms. The lowest BCUT2D eigenvalue weighted by molar-refractivity contribution is -0.123. The van der Waals surface area contributed by atoms with Gasteiger partial charge in [-0.05, 0) is 53.2 Å². The predicted molar refractivity (Wildman–Crippen MR) is 128 cm³/mol. The zero-order chi connectivity index (χ0) is 23.0. The van der Waals surface area contributed by atoms with Crippen LogP contribution in [0.1, 0.15) is 15.9 Å². The van der Waals surface area contributed by atoms with Gasteiger partial charge in [0.05, 0.1) is 11.8 Å². The molecule has 7 heteroatoms. The Morgan fingerprint density at radius 3 is 2.39 bits per heavy atom. The molecule has 1 amide bonds. The van der Waals surface area contributed by atoms with Gasteiger partial charge in [0.15, 0.2) is 6.61 Å². The van der Waals surface area contributed by atoms with E-state index in [1.165, 1.54) is 6.21 Å². The molecule has 6 nitrogen and oxygen atoms in total. The Labute approximate surface area is 195 Å². The van der Waals surface area contributed by atoms with Crippen LogP contribution in [0, 0.1) is 0 Å². The Hall–Kier alpha value is -4.16. The van der Waals surface area contributed by atoms with Crippen LogP contribution in [0.25, 0.3) is 10.8 Å². The Morgan fingerprint density at radius 1 is 0.879 bits per heavy atom. The molecule has 0 radical (unpaired) electrons. The average molecular weight is 459 g/mol. The standard InChI is InChI=1S/C26H19ClN2O4/c27-20-11-13-21(14-12-20)32-17-25(30)29-28-16-23-22-9-5-4-6-18(22)10-15-24(23)33-26(31)19-7-2-1-3-8-19/h1-16H,17H2,(H,29,30). The van der Waals surface area contributed by atoms with Crippen molar-refractivity contribution in [3.8, 4) is 11.5 Å². The molecule has 0 unspecified atom stereocenters. The van der Waals surface area contributed by atoms with Crippen LogP contribution in [-0.2, 0) is 4.79 Å². The van der Waals surface area contributed by atoms with Gasteiger partial charge in [-0.2, -0.15) is 5.10 Å². The molecule has 1 N–H and O–H groups in total. The van der Waals surface area contributed by atoms with Crippen LogP contribution < -0.4 is 14.9 Å². The molecule has 164 valence electrons. The zero-order valence-corrected chi connectivity index (χ0v) is 18.2. The number of ether oxygens (including phenoxy) is 2. The Bertz CT molecular complexity index is 1310. The van der Waals surface area contributed by atoms with E-state index in [1.807, 2.05) is 36.4 Å². The first-order valence-corrected chi connectivity index (χ1v) is 10.5. The van der Waals surface area contributed by atoms with Crippen LogP contribution in [-0.4, -0.2) is 24.7 Å². The number of esters is 1. The fourth-order valence-electron chi connectivity index (χ4n) is 3.11. The second-order valence-corrected chi connectivity index (χ2v) is 7.43. The molecule has 0 heterocycles. The van der Waals surface area contributed by atoms with E-state index in [2.05, 4.69) is 10.5 Å². The summed E-state index contributed by atoms with van der Waals surface area (Å²) in [7, 11) is 0. The van der Waals surface area contributed by atoms with E-state index in [9.17, 15) is 9.59 Å². The molecule has 0 spiro atoms. The summed E-state index contributed by atoms with van der Waals surface area (Å²) in [4.78, 5) is 24.7. The lowest BCUT2D eigenvalue weighted by Crippen LogP contribution is -2.24. The molecule has 0 saturated heterocycles. The van der Waals surface area contributed by atoms with Crippen LogP contribution in [0.15, 0.2) is 96.1 Å². The summed E-state index contributed by atoms with van der Waals surface area (Å²) >= 11 is 5.84. The quantitative estimate of drug-likeness (QED) is 0.178. The van der Waals surface area contributed by atoms with Gasteiger partial charge >= 0.3 is 5.97 Å². The summed E-state index contributed by atoms with van der Waals surface area (Å²) in [5, 5.41) is 6.39. The molecule has 0 saturated carbocycles. The van der Waals surface area contributed by atoms with E-state index >= 15 is 0 Å². The van der Waals surface area contributed by atoms with Crippen molar-refractivity contribution in [2.75, 3.05) is 6.61 Å². The van der Waals surface area contributed by atoms with Crippen molar-refractivity contribution in [1.82, 2.24) is 5.43 Å². The van der Waals surface area contributed by atoms with E-state index in [-0.39, 0.29) is 6.61 Å². The maximum absolute atomic E-state index is 12.6. The third-order valence-corrected chi connectivity index (χ3v) is 4.96. The van der Waals surface area contributed by atoms with Gasteiger partial charge in [0.25, 0.3) is 5.91 Å². The smallest absolute Gasteiger partial charge is 0.343 e. The molecule has 0 aromatic heterocycles. The number of rotatable bonds is 7. The number of hydrazone groups is 1. The number of carbonyl (C=O) groups excluding carboxylic acids is 2. The second-order valence-electron chi connectivity index (χ2n) is 6.99. The minimum absolute atomic E-state index is 0.218. The lowest BCUT2D eigenvalue weighted by Gasteiger charge is -2.10. The first-order valence-electron chi connectivity index (χ1n) is 10.1. The van der Waals surface area contributed by atoms with Gasteiger partial charge < -0.3 is 9.47 Å². The third kappa shape index (κ3) is 5.75. The second kappa shape index (κ2) is 10.4. The maximum atomic E-state index is 12.6. The van der Waals surface area contributed by atoms with E-state index in [4.69, 9.17) is 21.1 Å². The number of nitrogens with one attached hydrogen (secondary N) is 1. The van der Waals surface area contributed by atoms with E-state index in [0.29, 0.717) is 27.6 Å². The Morgan fingerprint density at radius 2 is 1.61 bits per heavy atom. The molecule has 0 fully saturated rings. The fourth-order valence-corrected chi connectivity index (χ4v) is 3.24. The molecule has 0 aliphatic rings. The van der Waals surface area contributed by atoms with Crippen LogP contribution in [0.3, 0.4) is 0 Å². The number of amides is 1. The van der Waals surface area contributed by atoms with Gasteiger partial charge in [-0.25, -0.2) is 10.2 Å². The van der Waals surface area contributed by atoms with Crippen LogP contribution in [0.4, 0.5) is 0 Å². The summed E-state index contributed by atoms with van der Waals surface area (Å²) in [5.74, 6) is -0.0779. The van der Waals surface area contributed by atoms with Gasteiger partial charge in [0.2, 0.25) is 0 Å². The normalized spacial score (nSPS) is 10.8. The molecule has 4 aromatic rings. The van der Waals surface area contributed by atoms with Gasteiger partial charge in [0, 0.05) is 10.6 Å². The van der Waals surface area contributed by atoms with Crippen molar-refractivity contribution in [1.29, 1.82) is 0 Å². The van der Waals surface area contributed by atoms with Crippen molar-refractivity contribution in [2.45, 2.75) is 0 Å². The van der Waals surface area contributed by atoms with Crippen molar-refractivity contribution < 1.29 is 19.1 Å². The summed E-state index contributed by atoms with van der Waals surface area (Å²) in [5.41, 5.74) is 3.43. The monoisotopic (exact) mass is 458 g/mol. The number of halogens is 1. The third-order valence-electron chi connectivity index (χ3n) is 4.71. The van der Waals surface area contributed by atoms with Crippen molar-refractivity contribution in [3.63, 3.8) is 0 Å². The molecule has 0 atom stereocenters. The number of hydrogen-bond donors (Lipinski definition) is 1. The minimum Gasteiger partial charge on any atom is -0.484 e. The number of nitrogens with zero attached hydrogens (tertiary/aromatic N) is 1. The van der Waals surface area contributed by atoms with Crippen molar-refractivity contribution in [3.05, 3.63) is 107 Å². The summed E-state index contributed by atoms with van der Waals surface area (Å²) in [6, 6.07) is 26.6. The highest BCUT2D eigenvalue weighted by molar-refractivity contribution is 6.30. The topological polar surface area (TPSA) is 77.0 Å². The molecule has 4 aromatic carbocycles. The van der Waals surface area contributed by atoms with Gasteiger partial charge in [-0.3, -0.25) is 4.79 Å². The SMILES string of the molecule is O=C(COc1ccc(Cl)cc1)NN=Cc1c(OC(=O)c2ccccc2)ccc2ccccc12. The van der Waals surface area contributed by atoms with Crippen LogP contribution >= 0.6 is 11.6 Å². The Kier molecular flexibility index (Phi) is 6.97. The molecule has 0 aliphatic carbocycles. The molecule has 0 aliphatic heterocycles. The maximum Gasteiger partial charge on any atom is 0.343 e. The van der Waals surface area contributed by atoms with Crippen molar-refractivity contribution in [2.24, 2.45) is 5.10 Å². The highest BCUT2D eigenvalue weighted by Gasteiger charge is 2.13. The molecular weight excluding hydrogens is 440 g/mol. The highest BCUT2D eigenvalue weighted by Crippen LogP contribution is 2.27. The van der Waals surface area contributed by atoms with E-state index in [1.54, 1.807) is 54.6 Å². The molecule has 33 heavy (non-hydrogen) atoms. The summed E-state index contributed by atoms with van der Waals surface area (Å²) in [6.07, 6.45) is 1.45. The number of benzene rings is 4. The fraction of sp³-hybridized carbons (Fsp3) is 0.0385. The highest BCUT2D eigenvalue weighted by atomic mass is 35.5. The molecular formula is C26H19ClN2O4. The first-order chi connectivity index (χ1) is 16.1. The average Bonchev–Trinajstić information content (AvgIpc) is 2.85. The molecule has 4 rings (SSSR count). The number of fused-ring (bicyclic) bond motifs is 1. The number of hydrogen-bond acceptors (Lipinski definition) is 5. The minimum atomic E-state index is -0.485. The Balaban J connectivity index is 1.49. The zero-order valence-electron chi connectivity index (χ0n) is 17.4. The first kappa shape index (κ1) is 22.0. The van der Waals surface area contributed by atoms with Crippen LogP contribution in [0.2, 0.25) is 5.02 Å². The summed E-state index contributed by atoms with van der Waals surface area (Å²) in [6.45, 7) is -0.218. The lowest BCUT2D eigenvalue weighted by atomic mass is 10.0. The largest absolute Gasteiger partial charge is 0.484 e. The van der Waals surface area contributed by atoms with Gasteiger partial charge in [-0.15, -0.1) is 0 Å². The number of carbonyl (C=O) groups is 2. The van der Waals surface area contributed by atoms with Gasteiger partial charge in [0.1, 0.15) is 11.5 Å². The van der Waals surface area contributed by atoms with Gasteiger partial charge in [-0.1, -0.05) is 60.1 Å². The van der Waals surface area contributed by atoms with E-state index < -0.39 is 11.9 Å².